The second-order valence-corrected chi connectivity index (χ2v) is 9.44. The summed E-state index contributed by atoms with van der Waals surface area (Å²) in [6, 6.07) is 20.7. The molecule has 3 rings (SSSR count). The van der Waals surface area contributed by atoms with E-state index in [9.17, 15) is 13.2 Å². The van der Waals surface area contributed by atoms with Crippen molar-refractivity contribution < 1.29 is 13.2 Å². The van der Waals surface area contributed by atoms with Crippen molar-refractivity contribution in [2.24, 2.45) is 0 Å². The average Bonchev–Trinajstić information content (AvgIpc) is 2.69. The molecule has 1 N–H and O–H groups in total. The molecule has 0 bridgehead atoms. The van der Waals surface area contributed by atoms with Crippen LogP contribution in [0.25, 0.3) is 0 Å². The third-order valence-corrected chi connectivity index (χ3v) is 6.75. The normalized spacial score (nSPS) is 11.1. The van der Waals surface area contributed by atoms with Crippen molar-refractivity contribution in [1.29, 1.82) is 0 Å². The molecule has 0 saturated carbocycles. The third kappa shape index (κ3) is 5.05. The van der Waals surface area contributed by atoms with Crippen LogP contribution < -0.4 is 9.62 Å². The zero-order valence-electron chi connectivity index (χ0n) is 16.1. The molecule has 0 aliphatic heterocycles. The molecule has 1 amide bonds. The van der Waals surface area contributed by atoms with Gasteiger partial charge in [-0.15, -0.1) is 0 Å². The number of hydrogen-bond donors (Lipinski definition) is 1. The molecule has 0 aliphatic carbocycles. The highest BCUT2D eigenvalue weighted by molar-refractivity contribution is 9.10. The van der Waals surface area contributed by atoms with E-state index in [-0.39, 0.29) is 11.4 Å². The number of carbonyl (C=O) groups excluding carboxylic acids is 1. The van der Waals surface area contributed by atoms with Crippen LogP contribution in [0.2, 0.25) is 0 Å². The molecular weight excluding hydrogens is 452 g/mol. The van der Waals surface area contributed by atoms with E-state index >= 15 is 0 Å². The molecule has 3 aromatic carbocycles. The van der Waals surface area contributed by atoms with Gasteiger partial charge in [-0.25, -0.2) is 8.42 Å². The first-order valence-electron chi connectivity index (χ1n) is 8.98. The van der Waals surface area contributed by atoms with E-state index in [1.807, 2.05) is 32.0 Å². The maximum atomic E-state index is 13.3. The predicted octanol–water partition coefficient (Wildman–Crippen LogP) is 4.90. The lowest BCUT2D eigenvalue weighted by molar-refractivity contribution is -0.114. The van der Waals surface area contributed by atoms with Crippen molar-refractivity contribution in [3.05, 3.63) is 88.4 Å². The molecule has 0 fully saturated rings. The van der Waals surface area contributed by atoms with Gasteiger partial charge in [-0.3, -0.25) is 9.10 Å². The van der Waals surface area contributed by atoms with Gasteiger partial charge in [0.15, 0.2) is 0 Å². The molecular formula is C22H21BrN2O3S. The van der Waals surface area contributed by atoms with E-state index in [0.29, 0.717) is 11.4 Å². The van der Waals surface area contributed by atoms with Crippen LogP contribution in [0.5, 0.6) is 0 Å². The maximum Gasteiger partial charge on any atom is 0.264 e. The minimum Gasteiger partial charge on any atom is -0.324 e. The fourth-order valence-electron chi connectivity index (χ4n) is 2.79. The number of carbonyl (C=O) groups is 1. The van der Waals surface area contributed by atoms with Gasteiger partial charge in [0.25, 0.3) is 10.0 Å². The van der Waals surface area contributed by atoms with Crippen LogP contribution in [-0.2, 0) is 14.8 Å². The Bertz CT molecular complexity index is 1110. The van der Waals surface area contributed by atoms with Gasteiger partial charge in [-0.2, -0.15) is 0 Å². The number of amides is 1. The fraction of sp³-hybridized carbons (Fsp3) is 0.136. The Morgan fingerprint density at radius 3 is 2.17 bits per heavy atom. The first kappa shape index (κ1) is 21.1. The summed E-state index contributed by atoms with van der Waals surface area (Å²) in [5.41, 5.74) is 2.92. The van der Waals surface area contributed by atoms with Crippen molar-refractivity contribution in [2.45, 2.75) is 18.7 Å². The average molecular weight is 473 g/mol. The highest BCUT2D eigenvalue weighted by Gasteiger charge is 2.27. The predicted molar refractivity (Wildman–Crippen MR) is 120 cm³/mol. The minimum absolute atomic E-state index is 0.134. The first-order valence-corrected chi connectivity index (χ1v) is 11.2. The number of para-hydroxylation sites is 1. The minimum atomic E-state index is -3.92. The van der Waals surface area contributed by atoms with Crippen molar-refractivity contribution >= 4 is 43.2 Å². The molecule has 150 valence electrons. The van der Waals surface area contributed by atoms with Gasteiger partial charge >= 0.3 is 0 Å². The second kappa shape index (κ2) is 8.80. The lowest BCUT2D eigenvalue weighted by Crippen LogP contribution is -2.38. The van der Waals surface area contributed by atoms with Crippen LogP contribution in [0.1, 0.15) is 11.1 Å². The number of nitrogens with one attached hydrogen (secondary N) is 1. The lowest BCUT2D eigenvalue weighted by atomic mass is 10.2. The number of halogens is 1. The Morgan fingerprint density at radius 1 is 0.931 bits per heavy atom. The maximum absolute atomic E-state index is 13.3. The van der Waals surface area contributed by atoms with Gasteiger partial charge in [0.2, 0.25) is 5.91 Å². The van der Waals surface area contributed by atoms with Crippen molar-refractivity contribution in [3.63, 3.8) is 0 Å². The van der Waals surface area contributed by atoms with Crippen LogP contribution in [-0.4, -0.2) is 20.9 Å². The van der Waals surface area contributed by atoms with E-state index in [0.717, 1.165) is 19.9 Å². The summed E-state index contributed by atoms with van der Waals surface area (Å²) >= 11 is 3.35. The third-order valence-electron chi connectivity index (χ3n) is 4.43. The number of anilines is 2. The van der Waals surface area contributed by atoms with Crippen LogP contribution in [0.15, 0.2) is 82.2 Å². The Balaban J connectivity index is 1.95. The van der Waals surface area contributed by atoms with E-state index in [1.165, 1.54) is 0 Å². The summed E-state index contributed by atoms with van der Waals surface area (Å²) in [7, 11) is -3.92. The van der Waals surface area contributed by atoms with E-state index < -0.39 is 15.9 Å². The van der Waals surface area contributed by atoms with Gasteiger partial charge in [0.05, 0.1) is 10.6 Å². The molecule has 5 nitrogen and oxygen atoms in total. The zero-order chi connectivity index (χ0) is 21.0. The van der Waals surface area contributed by atoms with Gasteiger partial charge in [0, 0.05) is 10.2 Å². The summed E-state index contributed by atoms with van der Waals surface area (Å²) in [6.45, 7) is 3.43. The van der Waals surface area contributed by atoms with Gasteiger partial charge in [-0.05, 0) is 61.9 Å². The molecule has 0 radical (unpaired) electrons. The van der Waals surface area contributed by atoms with Crippen molar-refractivity contribution in [2.75, 3.05) is 16.2 Å². The largest absolute Gasteiger partial charge is 0.324 e. The number of sulfonamides is 1. The first-order chi connectivity index (χ1) is 13.8. The summed E-state index contributed by atoms with van der Waals surface area (Å²) < 4.78 is 28.6. The molecule has 7 heteroatoms. The Morgan fingerprint density at radius 2 is 1.55 bits per heavy atom. The molecule has 0 unspecified atom stereocenters. The number of rotatable bonds is 6. The summed E-state index contributed by atoms with van der Waals surface area (Å²) in [4.78, 5) is 12.9. The fourth-order valence-corrected chi connectivity index (χ4v) is 4.48. The van der Waals surface area contributed by atoms with E-state index in [1.54, 1.807) is 54.6 Å². The highest BCUT2D eigenvalue weighted by Crippen LogP contribution is 2.26. The number of benzene rings is 3. The number of nitrogens with zero attached hydrogens (tertiary/aromatic N) is 1. The van der Waals surface area contributed by atoms with Crippen LogP contribution in [0.3, 0.4) is 0 Å². The molecule has 29 heavy (non-hydrogen) atoms. The second-order valence-electron chi connectivity index (χ2n) is 6.66. The Labute approximate surface area is 179 Å². The van der Waals surface area contributed by atoms with Crippen LogP contribution in [0, 0.1) is 13.8 Å². The molecule has 0 aromatic heterocycles. The summed E-state index contributed by atoms with van der Waals surface area (Å²) in [5.74, 6) is -0.419. The molecule has 0 saturated heterocycles. The monoisotopic (exact) mass is 472 g/mol. The summed E-state index contributed by atoms with van der Waals surface area (Å²) in [5, 5.41) is 2.80. The quantitative estimate of drug-likeness (QED) is 0.554. The van der Waals surface area contributed by atoms with Gasteiger partial charge in [0.1, 0.15) is 6.54 Å². The summed E-state index contributed by atoms with van der Waals surface area (Å²) in [6.07, 6.45) is 0. The van der Waals surface area contributed by atoms with Crippen LogP contribution in [0.4, 0.5) is 11.4 Å². The van der Waals surface area contributed by atoms with Crippen LogP contribution >= 0.6 is 15.9 Å². The topological polar surface area (TPSA) is 66.5 Å². The molecule has 3 aromatic rings. The van der Waals surface area contributed by atoms with Crippen molar-refractivity contribution in [3.8, 4) is 0 Å². The Hall–Kier alpha value is -2.64. The zero-order valence-corrected chi connectivity index (χ0v) is 18.5. The smallest absolute Gasteiger partial charge is 0.264 e. The number of hydrogen-bond acceptors (Lipinski definition) is 3. The molecule has 0 spiro atoms. The van der Waals surface area contributed by atoms with Gasteiger partial charge in [-0.1, -0.05) is 51.8 Å². The molecule has 0 heterocycles. The van der Waals surface area contributed by atoms with Gasteiger partial charge < -0.3 is 5.32 Å². The van der Waals surface area contributed by atoms with E-state index in [4.69, 9.17) is 0 Å². The Kier molecular flexibility index (Phi) is 6.39. The van der Waals surface area contributed by atoms with Crippen molar-refractivity contribution in [1.82, 2.24) is 0 Å². The lowest BCUT2D eigenvalue weighted by Gasteiger charge is -2.24. The standard InChI is InChI=1S/C22H21BrN2O3S/c1-16-7-13-20(14-8-16)29(27,28)25(19-11-9-18(23)10-12-19)15-22(26)24-21-6-4-3-5-17(21)2/h3-14H,15H2,1-2H3,(H,24,26). The SMILES string of the molecule is Cc1ccc(S(=O)(=O)N(CC(=O)Nc2ccccc2C)c2ccc(Br)cc2)cc1. The number of aryl methyl sites for hydroxylation is 2. The molecule has 0 aliphatic rings. The molecule has 0 atom stereocenters. The van der Waals surface area contributed by atoms with E-state index in [2.05, 4.69) is 21.2 Å². The highest BCUT2D eigenvalue weighted by atomic mass is 79.9.